The van der Waals surface area contributed by atoms with Crippen LogP contribution in [-0.2, 0) is 5.92 Å². The molecule has 0 aliphatic rings. The molecule has 2 nitrogen and oxygen atoms in total. The van der Waals surface area contributed by atoms with Crippen LogP contribution in [0.2, 0.25) is 0 Å². The van der Waals surface area contributed by atoms with E-state index in [-0.39, 0.29) is 5.56 Å². The average Bonchev–Trinajstić information content (AvgIpc) is 2.41. The van der Waals surface area contributed by atoms with Gasteiger partial charge in [-0.1, -0.05) is 36.4 Å². The number of nitrogens with two attached hydrogens (primary N) is 1. The summed E-state index contributed by atoms with van der Waals surface area (Å²) >= 11 is 3.21. The first kappa shape index (κ1) is 13.8. The van der Waals surface area contributed by atoms with Crippen LogP contribution >= 0.6 is 15.9 Å². The SMILES string of the molecule is Nc1cccc(OCC(F)(F)c2ccccc2)c1Br. The Labute approximate surface area is 118 Å². The van der Waals surface area contributed by atoms with E-state index in [2.05, 4.69) is 15.9 Å². The molecule has 2 aromatic carbocycles. The zero-order valence-electron chi connectivity index (χ0n) is 9.95. The van der Waals surface area contributed by atoms with Gasteiger partial charge in [-0.05, 0) is 28.1 Å². The van der Waals surface area contributed by atoms with E-state index in [4.69, 9.17) is 10.5 Å². The molecule has 19 heavy (non-hydrogen) atoms. The minimum atomic E-state index is -3.05. The number of alkyl halides is 2. The van der Waals surface area contributed by atoms with Crippen LogP contribution in [0.4, 0.5) is 14.5 Å². The summed E-state index contributed by atoms with van der Waals surface area (Å²) < 4.78 is 33.4. The third-order valence-corrected chi connectivity index (χ3v) is 3.45. The Kier molecular flexibility index (Phi) is 4.04. The van der Waals surface area contributed by atoms with Gasteiger partial charge in [0.25, 0.3) is 0 Å². The molecule has 0 saturated heterocycles. The molecule has 0 fully saturated rings. The molecule has 5 heteroatoms. The normalized spacial score (nSPS) is 11.3. The number of anilines is 1. The molecule has 0 bridgehead atoms. The van der Waals surface area contributed by atoms with Gasteiger partial charge in [0, 0.05) is 11.3 Å². The Morgan fingerprint density at radius 2 is 1.74 bits per heavy atom. The van der Waals surface area contributed by atoms with Crippen molar-refractivity contribution in [3.05, 3.63) is 58.6 Å². The molecule has 0 aromatic heterocycles. The second kappa shape index (κ2) is 5.57. The summed E-state index contributed by atoms with van der Waals surface area (Å²) in [6.45, 7) is -0.737. The highest BCUT2D eigenvalue weighted by molar-refractivity contribution is 9.10. The first-order chi connectivity index (χ1) is 9.00. The maximum absolute atomic E-state index is 13.9. The van der Waals surface area contributed by atoms with Crippen LogP contribution in [0.15, 0.2) is 53.0 Å². The van der Waals surface area contributed by atoms with Gasteiger partial charge in [-0.2, -0.15) is 8.78 Å². The molecule has 2 rings (SSSR count). The highest BCUT2D eigenvalue weighted by Gasteiger charge is 2.32. The molecule has 0 spiro atoms. The van der Waals surface area contributed by atoms with E-state index in [1.54, 1.807) is 36.4 Å². The molecule has 2 aromatic rings. The van der Waals surface area contributed by atoms with Crippen molar-refractivity contribution in [1.29, 1.82) is 0 Å². The van der Waals surface area contributed by atoms with Crippen molar-refractivity contribution in [1.82, 2.24) is 0 Å². The lowest BCUT2D eigenvalue weighted by molar-refractivity contribution is -0.0468. The molecule has 0 aliphatic carbocycles. The number of benzene rings is 2. The van der Waals surface area contributed by atoms with Gasteiger partial charge < -0.3 is 10.5 Å². The third kappa shape index (κ3) is 3.23. The number of hydrogen-bond donors (Lipinski definition) is 1. The fourth-order valence-corrected chi connectivity index (χ4v) is 1.95. The van der Waals surface area contributed by atoms with Gasteiger partial charge in [-0.25, -0.2) is 0 Å². The lowest BCUT2D eigenvalue weighted by Gasteiger charge is -2.18. The molecular formula is C14H12BrF2NO. The Morgan fingerprint density at radius 1 is 1.05 bits per heavy atom. The monoisotopic (exact) mass is 327 g/mol. The molecule has 0 aliphatic heterocycles. The molecule has 0 amide bonds. The van der Waals surface area contributed by atoms with Gasteiger partial charge in [-0.15, -0.1) is 0 Å². The second-order valence-corrected chi connectivity index (χ2v) is 4.81. The fraction of sp³-hybridized carbons (Fsp3) is 0.143. The van der Waals surface area contributed by atoms with E-state index in [0.29, 0.717) is 15.9 Å². The number of nitrogen functional groups attached to an aromatic ring is 1. The maximum Gasteiger partial charge on any atom is 0.306 e. The zero-order valence-corrected chi connectivity index (χ0v) is 11.5. The van der Waals surface area contributed by atoms with Crippen molar-refractivity contribution < 1.29 is 13.5 Å². The van der Waals surface area contributed by atoms with Crippen LogP contribution in [0, 0.1) is 0 Å². The molecule has 0 atom stereocenters. The average molecular weight is 328 g/mol. The maximum atomic E-state index is 13.9. The van der Waals surface area contributed by atoms with Crippen LogP contribution in [0.25, 0.3) is 0 Å². The van der Waals surface area contributed by atoms with Gasteiger partial charge in [0.1, 0.15) is 5.75 Å². The van der Waals surface area contributed by atoms with Gasteiger partial charge in [0.2, 0.25) is 0 Å². The third-order valence-electron chi connectivity index (χ3n) is 2.60. The van der Waals surface area contributed by atoms with E-state index >= 15 is 0 Å². The lowest BCUT2D eigenvalue weighted by Crippen LogP contribution is -2.23. The highest BCUT2D eigenvalue weighted by Crippen LogP contribution is 2.33. The van der Waals surface area contributed by atoms with E-state index < -0.39 is 12.5 Å². The van der Waals surface area contributed by atoms with E-state index in [1.807, 2.05) is 0 Å². The smallest absolute Gasteiger partial charge is 0.306 e. The molecule has 2 N–H and O–H groups in total. The first-order valence-electron chi connectivity index (χ1n) is 5.61. The Hall–Kier alpha value is -1.62. The van der Waals surface area contributed by atoms with Crippen LogP contribution in [0.5, 0.6) is 5.75 Å². The topological polar surface area (TPSA) is 35.2 Å². The van der Waals surface area contributed by atoms with E-state index in [1.165, 1.54) is 12.1 Å². The van der Waals surface area contributed by atoms with Crippen LogP contribution in [0.1, 0.15) is 5.56 Å². The van der Waals surface area contributed by atoms with Gasteiger partial charge >= 0.3 is 5.92 Å². The Balaban J connectivity index is 2.12. The highest BCUT2D eigenvalue weighted by atomic mass is 79.9. The predicted octanol–water partition coefficient (Wildman–Crippen LogP) is 4.20. The molecule has 100 valence electrons. The van der Waals surface area contributed by atoms with Crippen molar-refractivity contribution >= 4 is 21.6 Å². The largest absolute Gasteiger partial charge is 0.486 e. The Bertz CT molecular complexity index is 561. The summed E-state index contributed by atoms with van der Waals surface area (Å²) in [6.07, 6.45) is 0. The quantitative estimate of drug-likeness (QED) is 0.854. The summed E-state index contributed by atoms with van der Waals surface area (Å²) in [6, 6.07) is 12.5. The number of halogens is 3. The molecule has 0 unspecified atom stereocenters. The minimum Gasteiger partial charge on any atom is -0.486 e. The standard InChI is InChI=1S/C14H12BrF2NO/c15-13-11(18)7-4-8-12(13)19-9-14(16,17)10-5-2-1-3-6-10/h1-8H,9,18H2. The summed E-state index contributed by atoms with van der Waals surface area (Å²) in [5, 5.41) is 0. The van der Waals surface area contributed by atoms with E-state index in [0.717, 1.165) is 0 Å². The Morgan fingerprint density at radius 3 is 2.42 bits per heavy atom. The van der Waals surface area contributed by atoms with Crippen molar-refractivity contribution in [3.8, 4) is 5.75 Å². The first-order valence-corrected chi connectivity index (χ1v) is 6.40. The number of hydrogen-bond acceptors (Lipinski definition) is 2. The van der Waals surface area contributed by atoms with Crippen LogP contribution in [-0.4, -0.2) is 6.61 Å². The van der Waals surface area contributed by atoms with Gasteiger partial charge in [0.15, 0.2) is 6.61 Å². The summed E-state index contributed by atoms with van der Waals surface area (Å²) in [7, 11) is 0. The lowest BCUT2D eigenvalue weighted by atomic mass is 10.1. The molecule has 0 saturated carbocycles. The van der Waals surface area contributed by atoms with Gasteiger partial charge in [0.05, 0.1) is 4.47 Å². The summed E-state index contributed by atoms with van der Waals surface area (Å²) in [5.74, 6) is -2.75. The minimum absolute atomic E-state index is 0.0741. The van der Waals surface area contributed by atoms with Crippen molar-refractivity contribution in [2.24, 2.45) is 0 Å². The van der Waals surface area contributed by atoms with E-state index in [9.17, 15) is 8.78 Å². The molecular weight excluding hydrogens is 316 g/mol. The van der Waals surface area contributed by atoms with Crippen molar-refractivity contribution in [2.75, 3.05) is 12.3 Å². The number of rotatable bonds is 4. The van der Waals surface area contributed by atoms with Crippen LogP contribution in [0.3, 0.4) is 0 Å². The van der Waals surface area contributed by atoms with Gasteiger partial charge in [-0.3, -0.25) is 0 Å². The number of ether oxygens (including phenoxy) is 1. The molecule has 0 radical (unpaired) electrons. The van der Waals surface area contributed by atoms with Crippen molar-refractivity contribution in [3.63, 3.8) is 0 Å². The van der Waals surface area contributed by atoms with Crippen molar-refractivity contribution in [2.45, 2.75) is 5.92 Å². The second-order valence-electron chi connectivity index (χ2n) is 4.02. The fourth-order valence-electron chi connectivity index (χ4n) is 1.57. The van der Waals surface area contributed by atoms with Crippen LogP contribution < -0.4 is 10.5 Å². The summed E-state index contributed by atoms with van der Waals surface area (Å²) in [5.41, 5.74) is 6.03. The zero-order chi connectivity index (χ0) is 13.9. The summed E-state index contributed by atoms with van der Waals surface area (Å²) in [4.78, 5) is 0. The predicted molar refractivity (Wildman–Crippen MR) is 74.4 cm³/mol. The molecule has 0 heterocycles.